The predicted molar refractivity (Wildman–Crippen MR) is 37.8 cm³/mol. The molecule has 0 unspecified atom stereocenters. The number of hydrogen-bond acceptors (Lipinski definition) is 3. The lowest BCUT2D eigenvalue weighted by Gasteiger charge is -2.00. The van der Waals surface area contributed by atoms with Crippen LogP contribution in [0.2, 0.25) is 0 Å². The molecule has 0 spiro atoms. The van der Waals surface area contributed by atoms with E-state index in [9.17, 15) is 4.39 Å². The molecule has 11 heavy (non-hydrogen) atoms. The fourth-order valence-electron chi connectivity index (χ4n) is 0.603. The van der Waals surface area contributed by atoms with Gasteiger partial charge in [0.15, 0.2) is 0 Å². The average molecular weight is 156 g/mol. The largest absolute Gasteiger partial charge is 0.478 e. The van der Waals surface area contributed by atoms with Gasteiger partial charge in [-0.3, -0.25) is 0 Å². The maximum Gasteiger partial charge on any atom is 0.219 e. The Hall–Kier alpha value is -1.19. The highest BCUT2D eigenvalue weighted by atomic mass is 19.1. The highest BCUT2D eigenvalue weighted by Gasteiger charge is 1.96. The van der Waals surface area contributed by atoms with Crippen molar-refractivity contribution in [2.24, 2.45) is 0 Å². The summed E-state index contributed by atoms with van der Waals surface area (Å²) in [4.78, 5) is 6.99. The first-order valence-corrected chi connectivity index (χ1v) is 3.43. The van der Waals surface area contributed by atoms with E-state index in [1.807, 2.05) is 6.92 Å². The summed E-state index contributed by atoms with van der Waals surface area (Å²) in [5.41, 5.74) is 0. The Bertz CT molecular complexity index is 229. The number of rotatable bonds is 3. The van der Waals surface area contributed by atoms with Gasteiger partial charge in [0.1, 0.15) is 6.33 Å². The molecule has 0 fully saturated rings. The van der Waals surface area contributed by atoms with E-state index in [2.05, 4.69) is 9.97 Å². The Balaban J connectivity index is 2.56. The number of halogens is 1. The second-order valence-electron chi connectivity index (χ2n) is 2.03. The Labute approximate surface area is 64.2 Å². The molecule has 0 atom stereocenters. The van der Waals surface area contributed by atoms with Gasteiger partial charge >= 0.3 is 0 Å². The molecule has 1 aromatic heterocycles. The van der Waals surface area contributed by atoms with Crippen LogP contribution in [0.1, 0.15) is 13.3 Å². The zero-order chi connectivity index (χ0) is 8.10. The predicted octanol–water partition coefficient (Wildman–Crippen LogP) is 1.40. The van der Waals surface area contributed by atoms with Crippen molar-refractivity contribution in [2.75, 3.05) is 6.61 Å². The molecule has 0 N–H and O–H groups in total. The highest BCUT2D eigenvalue weighted by molar-refractivity contribution is 5.05. The van der Waals surface area contributed by atoms with Crippen LogP contribution in [0.5, 0.6) is 5.88 Å². The summed E-state index contributed by atoms with van der Waals surface area (Å²) in [5, 5.41) is 0. The Morgan fingerprint density at radius 1 is 1.55 bits per heavy atom. The third-order valence-corrected chi connectivity index (χ3v) is 1.06. The van der Waals surface area contributed by atoms with Gasteiger partial charge < -0.3 is 4.74 Å². The number of aromatic nitrogens is 2. The molecule has 0 aromatic carbocycles. The van der Waals surface area contributed by atoms with Crippen LogP contribution in [0.25, 0.3) is 0 Å². The number of hydrogen-bond donors (Lipinski definition) is 0. The van der Waals surface area contributed by atoms with Crippen molar-refractivity contribution in [1.82, 2.24) is 9.97 Å². The minimum absolute atomic E-state index is 0.291. The van der Waals surface area contributed by atoms with Gasteiger partial charge in [-0.15, -0.1) is 0 Å². The lowest BCUT2D eigenvalue weighted by Crippen LogP contribution is -1.98. The smallest absolute Gasteiger partial charge is 0.219 e. The van der Waals surface area contributed by atoms with Crippen LogP contribution in [-0.4, -0.2) is 16.6 Å². The standard InChI is InChI=1S/C7H9FN2O/c1-2-3-11-7-4-6(8)9-5-10-7/h4-5H,2-3H2,1H3. The van der Waals surface area contributed by atoms with Crippen molar-refractivity contribution >= 4 is 0 Å². The summed E-state index contributed by atoms with van der Waals surface area (Å²) < 4.78 is 17.4. The van der Waals surface area contributed by atoms with Crippen LogP contribution in [0, 0.1) is 5.95 Å². The molecule has 60 valence electrons. The molecule has 3 nitrogen and oxygen atoms in total. The van der Waals surface area contributed by atoms with Crippen LogP contribution < -0.4 is 4.74 Å². The third kappa shape index (κ3) is 2.49. The SMILES string of the molecule is CCCOc1cc(F)ncn1. The summed E-state index contributed by atoms with van der Waals surface area (Å²) in [6.07, 6.45) is 2.02. The van der Waals surface area contributed by atoms with E-state index in [0.29, 0.717) is 12.5 Å². The van der Waals surface area contributed by atoms with Crippen molar-refractivity contribution in [3.63, 3.8) is 0 Å². The molecular formula is C7H9FN2O. The molecule has 1 rings (SSSR count). The summed E-state index contributed by atoms with van der Waals surface area (Å²) in [7, 11) is 0. The second-order valence-corrected chi connectivity index (χ2v) is 2.03. The van der Waals surface area contributed by atoms with E-state index in [0.717, 1.165) is 18.8 Å². The Morgan fingerprint density at radius 2 is 2.36 bits per heavy atom. The molecule has 4 heteroatoms. The second kappa shape index (κ2) is 3.85. The van der Waals surface area contributed by atoms with Gasteiger partial charge in [-0.1, -0.05) is 6.92 Å². The van der Waals surface area contributed by atoms with Crippen LogP contribution in [-0.2, 0) is 0 Å². The molecule has 0 radical (unpaired) electrons. The molecule has 1 aromatic rings. The van der Waals surface area contributed by atoms with Crippen molar-refractivity contribution in [1.29, 1.82) is 0 Å². The van der Waals surface area contributed by atoms with E-state index in [4.69, 9.17) is 4.74 Å². The van der Waals surface area contributed by atoms with Gasteiger partial charge in [0.2, 0.25) is 11.8 Å². The summed E-state index contributed by atoms with van der Waals surface area (Å²) >= 11 is 0. The first-order valence-electron chi connectivity index (χ1n) is 3.43. The molecular weight excluding hydrogens is 147 g/mol. The third-order valence-electron chi connectivity index (χ3n) is 1.06. The molecule has 0 aliphatic carbocycles. The fourth-order valence-corrected chi connectivity index (χ4v) is 0.603. The van der Waals surface area contributed by atoms with Crippen molar-refractivity contribution in [3.8, 4) is 5.88 Å². The molecule has 0 bridgehead atoms. The topological polar surface area (TPSA) is 35.0 Å². The monoisotopic (exact) mass is 156 g/mol. The van der Waals surface area contributed by atoms with Gasteiger partial charge in [-0.05, 0) is 6.42 Å². The van der Waals surface area contributed by atoms with Gasteiger partial charge in [0.05, 0.1) is 12.7 Å². The summed E-state index contributed by atoms with van der Waals surface area (Å²) in [6, 6.07) is 1.16. The van der Waals surface area contributed by atoms with Crippen molar-refractivity contribution < 1.29 is 9.13 Å². The summed E-state index contributed by atoms with van der Waals surface area (Å²) in [6.45, 7) is 2.52. The van der Waals surface area contributed by atoms with Crippen LogP contribution in [0.4, 0.5) is 4.39 Å². The minimum atomic E-state index is -0.564. The Morgan fingerprint density at radius 3 is 3.00 bits per heavy atom. The normalized spacial score (nSPS) is 9.64. The first-order chi connectivity index (χ1) is 5.33. The van der Waals surface area contributed by atoms with Crippen LogP contribution in [0.15, 0.2) is 12.4 Å². The van der Waals surface area contributed by atoms with Crippen LogP contribution in [0.3, 0.4) is 0 Å². The van der Waals surface area contributed by atoms with E-state index in [1.165, 1.54) is 0 Å². The van der Waals surface area contributed by atoms with E-state index in [1.54, 1.807) is 0 Å². The fraction of sp³-hybridized carbons (Fsp3) is 0.429. The van der Waals surface area contributed by atoms with Gasteiger partial charge in [-0.25, -0.2) is 9.97 Å². The van der Waals surface area contributed by atoms with Crippen molar-refractivity contribution in [2.45, 2.75) is 13.3 Å². The summed E-state index contributed by atoms with van der Waals surface area (Å²) in [5.74, 6) is -0.273. The first kappa shape index (κ1) is 7.91. The molecule has 1 heterocycles. The molecule has 0 saturated carbocycles. The average Bonchev–Trinajstić information content (AvgIpc) is 2.01. The number of ether oxygens (including phenoxy) is 1. The maximum absolute atomic E-state index is 12.4. The maximum atomic E-state index is 12.4. The Kier molecular flexibility index (Phi) is 2.77. The molecule has 0 saturated heterocycles. The molecule has 0 aliphatic heterocycles. The van der Waals surface area contributed by atoms with E-state index < -0.39 is 5.95 Å². The van der Waals surface area contributed by atoms with E-state index >= 15 is 0 Å². The van der Waals surface area contributed by atoms with Gasteiger partial charge in [-0.2, -0.15) is 4.39 Å². The zero-order valence-corrected chi connectivity index (χ0v) is 6.25. The van der Waals surface area contributed by atoms with Crippen molar-refractivity contribution in [3.05, 3.63) is 18.3 Å². The van der Waals surface area contributed by atoms with E-state index in [-0.39, 0.29) is 0 Å². The lowest BCUT2D eigenvalue weighted by molar-refractivity contribution is 0.302. The molecule has 0 aliphatic rings. The molecule has 0 amide bonds. The zero-order valence-electron chi connectivity index (χ0n) is 6.25. The lowest BCUT2D eigenvalue weighted by atomic mass is 10.5. The van der Waals surface area contributed by atoms with Gasteiger partial charge in [0, 0.05) is 0 Å². The van der Waals surface area contributed by atoms with Crippen LogP contribution >= 0.6 is 0 Å². The minimum Gasteiger partial charge on any atom is -0.478 e. The highest BCUT2D eigenvalue weighted by Crippen LogP contribution is 2.04. The van der Waals surface area contributed by atoms with Gasteiger partial charge in [0.25, 0.3) is 0 Å². The quantitative estimate of drug-likeness (QED) is 0.620. The number of nitrogens with zero attached hydrogens (tertiary/aromatic N) is 2.